The van der Waals surface area contributed by atoms with Crippen molar-refractivity contribution in [3.05, 3.63) is 12.7 Å². The molecule has 0 unspecified atom stereocenters. The summed E-state index contributed by atoms with van der Waals surface area (Å²) in [7, 11) is 4.62. The maximum absolute atomic E-state index is 4.85. The second kappa shape index (κ2) is 9.84. The molecule has 0 aliphatic heterocycles. The van der Waals surface area contributed by atoms with Crippen molar-refractivity contribution >= 4 is 28.9 Å². The zero-order chi connectivity index (χ0) is 4.83. The first kappa shape index (κ1) is 10.6. The van der Waals surface area contributed by atoms with Gasteiger partial charge in [-0.2, -0.15) is 0 Å². The summed E-state index contributed by atoms with van der Waals surface area (Å²) in [5.74, 6) is 0. The Labute approximate surface area is 56.8 Å². The second-order valence-electron chi connectivity index (χ2n) is 0.683. The summed E-state index contributed by atoms with van der Waals surface area (Å²) in [6.07, 6.45) is 1.72. The Morgan fingerprint density at radius 3 is 2.57 bits per heavy atom. The number of hydrogen-bond donors (Lipinski definition) is 0. The van der Waals surface area contributed by atoms with Crippen LogP contribution in [-0.4, -0.2) is 31.7 Å². The van der Waals surface area contributed by atoms with Crippen LogP contribution in [0.25, 0.3) is 0 Å². The standard InChI is InChI=1S/C3H5O.H2O.S.Sn/c1-2-3-4;;;/h2H,1,3H2;1H2;;/q-1;;;+1. The Morgan fingerprint density at radius 2 is 2.43 bits per heavy atom. The first-order valence-corrected chi connectivity index (χ1v) is 6.58. The van der Waals surface area contributed by atoms with Crippen molar-refractivity contribution in [2.24, 2.45) is 0 Å². The van der Waals surface area contributed by atoms with Gasteiger partial charge in [0.2, 0.25) is 0 Å². The largest absolute Gasteiger partial charge is 0.412 e. The third kappa shape index (κ3) is 10.8. The third-order valence-corrected chi connectivity index (χ3v) is 1.86. The maximum atomic E-state index is 4.85. The minimum Gasteiger partial charge on any atom is -0.412 e. The van der Waals surface area contributed by atoms with E-state index in [2.05, 4.69) is 15.9 Å². The van der Waals surface area contributed by atoms with E-state index in [-0.39, 0.29) is 5.48 Å². The Morgan fingerprint density at radius 1 is 1.86 bits per heavy atom. The monoisotopic (exact) mass is 227 g/mol. The molecule has 7 heavy (non-hydrogen) atoms. The summed E-state index contributed by atoms with van der Waals surface area (Å²) in [6, 6.07) is 0. The summed E-state index contributed by atoms with van der Waals surface area (Å²) in [4.78, 5) is 0. The van der Waals surface area contributed by atoms with E-state index in [0.29, 0.717) is 6.61 Å². The number of hydrogen-bond acceptors (Lipinski definition) is 2. The van der Waals surface area contributed by atoms with Crippen molar-refractivity contribution in [1.29, 1.82) is 0 Å². The van der Waals surface area contributed by atoms with Crippen LogP contribution in [0.4, 0.5) is 0 Å². The van der Waals surface area contributed by atoms with Gasteiger partial charge in [-0.1, -0.05) is 0 Å². The van der Waals surface area contributed by atoms with Crippen LogP contribution in [0, 0.1) is 0 Å². The summed E-state index contributed by atoms with van der Waals surface area (Å²) < 4.78 is 4.85. The van der Waals surface area contributed by atoms with Crippen LogP contribution in [-0.2, 0) is 3.07 Å². The van der Waals surface area contributed by atoms with Gasteiger partial charge in [-0.25, -0.2) is 0 Å². The van der Waals surface area contributed by atoms with E-state index < -0.39 is 19.6 Å². The molecule has 2 N–H and O–H groups in total. The normalized spacial score (nSPS) is 6.29. The third-order valence-electron chi connectivity index (χ3n) is 0.260. The van der Waals surface area contributed by atoms with Crippen LogP contribution < -0.4 is 0 Å². The van der Waals surface area contributed by atoms with Crippen molar-refractivity contribution in [1.82, 2.24) is 0 Å². The molecule has 0 bridgehead atoms. The average molecular weight is 226 g/mol. The van der Waals surface area contributed by atoms with Crippen LogP contribution in [0.5, 0.6) is 0 Å². The van der Waals surface area contributed by atoms with E-state index in [9.17, 15) is 0 Å². The SMILES string of the molecule is C=CC[O][Sn]=[S].O. The molecule has 0 saturated carbocycles. The molecule has 2 nitrogen and oxygen atoms in total. The summed E-state index contributed by atoms with van der Waals surface area (Å²) >= 11 is -0.798. The fourth-order valence-corrected chi connectivity index (χ4v) is 1.08. The summed E-state index contributed by atoms with van der Waals surface area (Å²) in [6.45, 7) is 4.10. The summed E-state index contributed by atoms with van der Waals surface area (Å²) in [5.41, 5.74) is 0. The molecule has 0 saturated heterocycles. The van der Waals surface area contributed by atoms with Gasteiger partial charge in [0.25, 0.3) is 0 Å². The maximum Gasteiger partial charge on any atom is -0.412 e. The molecule has 0 heterocycles. The minimum atomic E-state index is -0.798. The molecule has 0 aromatic rings. The Hall–Kier alpha value is 0.679. The molecule has 0 spiro atoms. The molecule has 4 heteroatoms. The van der Waals surface area contributed by atoms with Crippen molar-refractivity contribution in [2.45, 2.75) is 0 Å². The van der Waals surface area contributed by atoms with E-state index >= 15 is 0 Å². The first-order valence-electron chi connectivity index (χ1n) is 1.51. The Balaban J connectivity index is 0. The molecule has 0 fully saturated rings. The van der Waals surface area contributed by atoms with Gasteiger partial charge in [0.05, 0.1) is 0 Å². The van der Waals surface area contributed by atoms with Gasteiger partial charge in [0.1, 0.15) is 0 Å². The second-order valence-corrected chi connectivity index (χ2v) is 3.10. The molecule has 0 aliphatic carbocycles. The van der Waals surface area contributed by atoms with Gasteiger partial charge in [0, 0.05) is 0 Å². The van der Waals surface area contributed by atoms with Crippen LogP contribution in [0.15, 0.2) is 12.7 Å². The van der Waals surface area contributed by atoms with Gasteiger partial charge >= 0.3 is 51.2 Å². The minimum absolute atomic E-state index is 0. The smallest absolute Gasteiger partial charge is 0.412 e. The zero-order valence-corrected chi connectivity index (χ0v) is 7.48. The molecule has 0 amide bonds. The quantitative estimate of drug-likeness (QED) is 0.388. The van der Waals surface area contributed by atoms with Crippen molar-refractivity contribution in [2.75, 3.05) is 6.61 Å². The van der Waals surface area contributed by atoms with Crippen molar-refractivity contribution in [3.8, 4) is 0 Å². The van der Waals surface area contributed by atoms with Crippen molar-refractivity contribution in [3.63, 3.8) is 0 Å². The Kier molecular flexibility index (Phi) is 14.9. The first-order chi connectivity index (χ1) is 2.91. The molecule has 41 valence electrons. The predicted octanol–water partition coefficient (Wildman–Crippen LogP) is 0.0960. The van der Waals surface area contributed by atoms with Crippen LogP contribution in [0.3, 0.4) is 0 Å². The summed E-state index contributed by atoms with van der Waals surface area (Å²) in [5, 5.41) is 0. The molecule has 0 aromatic heterocycles. The fourth-order valence-electron chi connectivity index (χ4n) is 0.0929. The zero-order valence-electron chi connectivity index (χ0n) is 3.81. The average Bonchev–Trinajstić information content (AvgIpc) is 1.61. The van der Waals surface area contributed by atoms with E-state index in [4.69, 9.17) is 3.07 Å². The van der Waals surface area contributed by atoms with E-state index in [1.165, 1.54) is 0 Å². The molecule has 0 atom stereocenters. The molecule has 1 radical (unpaired) electrons. The molecule has 0 aliphatic rings. The fraction of sp³-hybridized carbons (Fsp3) is 0.333. The van der Waals surface area contributed by atoms with Gasteiger partial charge in [0.15, 0.2) is 0 Å². The van der Waals surface area contributed by atoms with E-state index in [1.54, 1.807) is 6.08 Å². The predicted molar refractivity (Wildman–Crippen MR) is 33.1 cm³/mol. The van der Waals surface area contributed by atoms with Gasteiger partial charge in [-0.15, -0.1) is 0 Å². The molecular formula is C3H7O2SSn. The molecule has 0 aromatic carbocycles. The van der Waals surface area contributed by atoms with Crippen LogP contribution in [0.1, 0.15) is 0 Å². The van der Waals surface area contributed by atoms with Crippen molar-refractivity contribution < 1.29 is 8.55 Å². The topological polar surface area (TPSA) is 40.7 Å². The Bertz CT molecular complexity index is 48.9. The van der Waals surface area contributed by atoms with Gasteiger partial charge < -0.3 is 5.48 Å². The number of rotatable bonds is 3. The molecule has 0 rings (SSSR count). The molecular weight excluding hydrogens is 219 g/mol. The van der Waals surface area contributed by atoms with Gasteiger partial charge in [-0.05, 0) is 0 Å². The van der Waals surface area contributed by atoms with E-state index in [0.717, 1.165) is 0 Å². The van der Waals surface area contributed by atoms with E-state index in [1.807, 2.05) is 0 Å². The van der Waals surface area contributed by atoms with Crippen LogP contribution >= 0.6 is 9.29 Å². The van der Waals surface area contributed by atoms with Crippen LogP contribution in [0.2, 0.25) is 0 Å². The van der Waals surface area contributed by atoms with Gasteiger partial charge in [-0.3, -0.25) is 0 Å².